The first-order valence-electron chi connectivity index (χ1n) is 7.12. The van der Waals surface area contributed by atoms with E-state index in [0.29, 0.717) is 0 Å². The lowest BCUT2D eigenvalue weighted by Crippen LogP contribution is -2.43. The molecule has 0 spiro atoms. The third-order valence-electron chi connectivity index (χ3n) is 3.64. The smallest absolute Gasteiger partial charge is 0.0521 e. The molecule has 17 heavy (non-hydrogen) atoms. The third kappa shape index (κ3) is 6.39. The van der Waals surface area contributed by atoms with E-state index in [1.807, 2.05) is 6.92 Å². The highest BCUT2D eigenvalue weighted by atomic mass is 16.3. The Morgan fingerprint density at radius 3 is 1.65 bits per heavy atom. The van der Waals surface area contributed by atoms with Crippen molar-refractivity contribution in [2.24, 2.45) is 5.41 Å². The Bertz CT molecular complexity index is 153. The van der Waals surface area contributed by atoms with E-state index < -0.39 is 0 Å². The van der Waals surface area contributed by atoms with Crippen molar-refractivity contribution in [3.63, 3.8) is 0 Å². The Morgan fingerprint density at radius 1 is 0.882 bits per heavy atom. The molecule has 0 aliphatic heterocycles. The van der Waals surface area contributed by atoms with E-state index in [2.05, 4.69) is 18.7 Å². The Labute approximate surface area is 107 Å². The van der Waals surface area contributed by atoms with E-state index in [9.17, 15) is 10.2 Å². The average Bonchev–Trinajstić information content (AvgIpc) is 2.38. The van der Waals surface area contributed by atoms with Crippen LogP contribution in [0, 0.1) is 5.41 Å². The Morgan fingerprint density at radius 2 is 1.35 bits per heavy atom. The summed E-state index contributed by atoms with van der Waals surface area (Å²) in [5, 5.41) is 19.0. The molecule has 0 saturated heterocycles. The lowest BCUT2D eigenvalue weighted by Gasteiger charge is -2.35. The Hall–Kier alpha value is -0.120. The van der Waals surface area contributed by atoms with E-state index in [4.69, 9.17) is 0 Å². The summed E-state index contributed by atoms with van der Waals surface area (Å²) >= 11 is 0. The summed E-state index contributed by atoms with van der Waals surface area (Å²) in [7, 11) is 0. The summed E-state index contributed by atoms with van der Waals surface area (Å²) in [4.78, 5) is 2.41. The zero-order valence-electron chi connectivity index (χ0n) is 11.9. The molecule has 0 heterocycles. The van der Waals surface area contributed by atoms with Crippen molar-refractivity contribution in [2.45, 2.75) is 52.9 Å². The van der Waals surface area contributed by atoms with Crippen LogP contribution in [0.5, 0.6) is 0 Å². The van der Waals surface area contributed by atoms with Gasteiger partial charge in [0.15, 0.2) is 0 Å². The SMILES string of the molecule is CCCCN(CCCC)CC(CC)(CO)CO. The van der Waals surface area contributed by atoms with Crippen LogP contribution in [0.2, 0.25) is 0 Å². The highest BCUT2D eigenvalue weighted by molar-refractivity contribution is 4.80. The molecule has 0 amide bonds. The molecule has 0 fully saturated rings. The second-order valence-corrected chi connectivity index (χ2v) is 5.15. The van der Waals surface area contributed by atoms with Gasteiger partial charge >= 0.3 is 0 Å². The molecule has 0 aromatic heterocycles. The number of hydrogen-bond donors (Lipinski definition) is 2. The molecule has 104 valence electrons. The van der Waals surface area contributed by atoms with Gasteiger partial charge in [-0.1, -0.05) is 33.6 Å². The maximum Gasteiger partial charge on any atom is 0.0521 e. The lowest BCUT2D eigenvalue weighted by molar-refractivity contribution is 0.0174. The topological polar surface area (TPSA) is 43.7 Å². The quantitative estimate of drug-likeness (QED) is 0.587. The van der Waals surface area contributed by atoms with Gasteiger partial charge in [0.25, 0.3) is 0 Å². The van der Waals surface area contributed by atoms with Gasteiger partial charge in [-0.05, 0) is 32.4 Å². The van der Waals surface area contributed by atoms with E-state index in [-0.39, 0.29) is 18.6 Å². The highest BCUT2D eigenvalue weighted by Gasteiger charge is 2.28. The van der Waals surface area contributed by atoms with Gasteiger partial charge in [-0.2, -0.15) is 0 Å². The second-order valence-electron chi connectivity index (χ2n) is 5.15. The van der Waals surface area contributed by atoms with Crippen molar-refractivity contribution < 1.29 is 10.2 Å². The zero-order chi connectivity index (χ0) is 13.1. The van der Waals surface area contributed by atoms with Crippen LogP contribution in [-0.4, -0.2) is 48.0 Å². The van der Waals surface area contributed by atoms with Gasteiger partial charge in [0.1, 0.15) is 0 Å². The van der Waals surface area contributed by atoms with Crippen molar-refractivity contribution in [1.29, 1.82) is 0 Å². The molecule has 0 unspecified atom stereocenters. The average molecular weight is 245 g/mol. The molecule has 0 atom stereocenters. The fourth-order valence-electron chi connectivity index (χ4n) is 1.99. The van der Waals surface area contributed by atoms with Crippen molar-refractivity contribution in [3.8, 4) is 0 Å². The van der Waals surface area contributed by atoms with Gasteiger partial charge < -0.3 is 15.1 Å². The Balaban J connectivity index is 4.34. The first kappa shape index (κ1) is 16.9. The van der Waals surface area contributed by atoms with Crippen LogP contribution in [0.3, 0.4) is 0 Å². The summed E-state index contributed by atoms with van der Waals surface area (Å²) in [5.74, 6) is 0. The van der Waals surface area contributed by atoms with Crippen LogP contribution in [0.1, 0.15) is 52.9 Å². The number of aliphatic hydroxyl groups is 2. The van der Waals surface area contributed by atoms with Gasteiger partial charge in [0, 0.05) is 12.0 Å². The summed E-state index contributed by atoms with van der Waals surface area (Å²) in [5.41, 5.74) is -0.318. The number of nitrogens with zero attached hydrogens (tertiary/aromatic N) is 1. The highest BCUT2D eigenvalue weighted by Crippen LogP contribution is 2.22. The van der Waals surface area contributed by atoms with Crippen molar-refractivity contribution in [1.82, 2.24) is 4.90 Å². The largest absolute Gasteiger partial charge is 0.396 e. The molecular weight excluding hydrogens is 214 g/mol. The number of hydrogen-bond acceptors (Lipinski definition) is 3. The van der Waals surface area contributed by atoms with Crippen LogP contribution in [0.4, 0.5) is 0 Å². The number of aliphatic hydroxyl groups excluding tert-OH is 2. The van der Waals surface area contributed by atoms with Gasteiger partial charge in [0.05, 0.1) is 13.2 Å². The van der Waals surface area contributed by atoms with E-state index in [1.54, 1.807) is 0 Å². The number of rotatable bonds is 11. The number of unbranched alkanes of at least 4 members (excludes halogenated alkanes) is 2. The predicted octanol–water partition coefficient (Wildman–Crippen LogP) is 2.27. The molecule has 0 aliphatic carbocycles. The summed E-state index contributed by atoms with van der Waals surface area (Å²) in [6.45, 7) is 9.58. The van der Waals surface area contributed by atoms with Crippen LogP contribution in [0.25, 0.3) is 0 Å². The van der Waals surface area contributed by atoms with Crippen molar-refractivity contribution >= 4 is 0 Å². The molecule has 0 aromatic rings. The fourth-order valence-corrected chi connectivity index (χ4v) is 1.99. The summed E-state index contributed by atoms with van der Waals surface area (Å²) < 4.78 is 0. The van der Waals surface area contributed by atoms with Crippen LogP contribution >= 0.6 is 0 Å². The standard InChI is InChI=1S/C14H31NO2/c1-4-7-9-15(10-8-5-2)11-14(6-3,12-16)13-17/h16-17H,4-13H2,1-3H3. The van der Waals surface area contributed by atoms with Gasteiger partial charge in [-0.25, -0.2) is 0 Å². The molecule has 0 aliphatic rings. The molecule has 2 N–H and O–H groups in total. The monoisotopic (exact) mass is 245 g/mol. The zero-order valence-corrected chi connectivity index (χ0v) is 11.9. The predicted molar refractivity (Wildman–Crippen MR) is 73.2 cm³/mol. The minimum atomic E-state index is -0.318. The molecular formula is C14H31NO2. The van der Waals surface area contributed by atoms with Crippen LogP contribution < -0.4 is 0 Å². The molecule has 0 bridgehead atoms. The summed E-state index contributed by atoms with van der Waals surface area (Å²) in [6.07, 6.45) is 5.61. The normalized spacial score (nSPS) is 12.4. The van der Waals surface area contributed by atoms with E-state index in [1.165, 1.54) is 25.7 Å². The minimum Gasteiger partial charge on any atom is -0.396 e. The van der Waals surface area contributed by atoms with Crippen molar-refractivity contribution in [2.75, 3.05) is 32.8 Å². The van der Waals surface area contributed by atoms with Crippen LogP contribution in [-0.2, 0) is 0 Å². The van der Waals surface area contributed by atoms with Crippen LogP contribution in [0.15, 0.2) is 0 Å². The van der Waals surface area contributed by atoms with Gasteiger partial charge in [-0.3, -0.25) is 0 Å². The molecule has 0 aromatic carbocycles. The Kier molecular flexibility index (Phi) is 9.79. The maximum absolute atomic E-state index is 9.49. The van der Waals surface area contributed by atoms with E-state index >= 15 is 0 Å². The van der Waals surface area contributed by atoms with Crippen molar-refractivity contribution in [3.05, 3.63) is 0 Å². The molecule has 3 heteroatoms. The minimum absolute atomic E-state index is 0.0781. The second kappa shape index (κ2) is 9.86. The first-order valence-corrected chi connectivity index (χ1v) is 7.12. The van der Waals surface area contributed by atoms with Gasteiger partial charge in [0.2, 0.25) is 0 Å². The molecule has 0 saturated carbocycles. The first-order chi connectivity index (χ1) is 8.17. The summed E-state index contributed by atoms with van der Waals surface area (Å²) in [6, 6.07) is 0. The molecule has 0 radical (unpaired) electrons. The molecule has 3 nitrogen and oxygen atoms in total. The molecule has 0 rings (SSSR count). The fraction of sp³-hybridized carbons (Fsp3) is 1.00. The van der Waals surface area contributed by atoms with Gasteiger partial charge in [-0.15, -0.1) is 0 Å². The van der Waals surface area contributed by atoms with E-state index in [0.717, 1.165) is 26.1 Å². The third-order valence-corrected chi connectivity index (χ3v) is 3.64. The maximum atomic E-state index is 9.49. The lowest BCUT2D eigenvalue weighted by atomic mass is 9.86.